The molecule has 0 aliphatic heterocycles. The second-order valence-corrected chi connectivity index (χ2v) is 8.43. The van der Waals surface area contributed by atoms with Crippen LogP contribution < -0.4 is 20.5 Å². The van der Waals surface area contributed by atoms with Gasteiger partial charge >= 0.3 is 0 Å². The Morgan fingerprint density at radius 1 is 1.07 bits per heavy atom. The third kappa shape index (κ3) is 6.06. The number of halogens is 1. The summed E-state index contributed by atoms with van der Waals surface area (Å²) < 4.78 is 29.1. The average molecular weight is 448 g/mol. The molecule has 0 spiro atoms. The quantitative estimate of drug-likeness (QED) is 0.454. The van der Waals surface area contributed by atoms with Crippen LogP contribution in [0, 0.1) is 0 Å². The van der Waals surface area contributed by atoms with Crippen molar-refractivity contribution < 1.29 is 13.2 Å². The number of sulfonamides is 1. The summed E-state index contributed by atoms with van der Waals surface area (Å²) in [4.78, 5) is 8.43. The van der Waals surface area contributed by atoms with E-state index >= 15 is 0 Å². The van der Waals surface area contributed by atoms with Crippen LogP contribution in [-0.2, 0) is 16.6 Å². The highest BCUT2D eigenvalue weighted by Crippen LogP contribution is 2.24. The fraction of sp³-hybridized carbons (Fsp3) is 0.200. The summed E-state index contributed by atoms with van der Waals surface area (Å²) in [5, 5.41) is 12.2. The van der Waals surface area contributed by atoms with E-state index in [1.54, 1.807) is 24.3 Å². The maximum absolute atomic E-state index is 11.7. The Balaban J connectivity index is 1.76. The van der Waals surface area contributed by atoms with Gasteiger partial charge in [-0.1, -0.05) is 18.5 Å². The molecular formula is C20H22ClN5O3S. The van der Waals surface area contributed by atoms with Crippen LogP contribution in [0.4, 0.5) is 17.3 Å². The zero-order valence-corrected chi connectivity index (χ0v) is 17.9. The normalized spacial score (nSPS) is 11.2. The summed E-state index contributed by atoms with van der Waals surface area (Å²) >= 11 is 5.90. The van der Waals surface area contributed by atoms with Crippen molar-refractivity contribution in [2.24, 2.45) is 5.14 Å². The number of ether oxygens (including phenoxy) is 1. The average Bonchev–Trinajstić information content (AvgIpc) is 2.72. The van der Waals surface area contributed by atoms with Gasteiger partial charge < -0.3 is 15.4 Å². The molecule has 0 aliphatic rings. The third-order valence-electron chi connectivity index (χ3n) is 4.07. The number of primary sulfonamides is 1. The number of hydrogen-bond donors (Lipinski definition) is 3. The summed E-state index contributed by atoms with van der Waals surface area (Å²) in [6, 6.07) is 13.5. The second-order valence-electron chi connectivity index (χ2n) is 6.44. The first-order chi connectivity index (χ1) is 14.3. The molecule has 0 unspecified atom stereocenters. The van der Waals surface area contributed by atoms with Gasteiger partial charge in [0.1, 0.15) is 23.7 Å². The van der Waals surface area contributed by atoms with E-state index in [0.717, 1.165) is 12.1 Å². The number of hydrogen-bond acceptors (Lipinski definition) is 7. The van der Waals surface area contributed by atoms with Gasteiger partial charge in [-0.05, 0) is 48.9 Å². The van der Waals surface area contributed by atoms with E-state index in [1.807, 2.05) is 19.1 Å². The third-order valence-corrected chi connectivity index (χ3v) is 5.23. The summed E-state index contributed by atoms with van der Waals surface area (Å²) in [5.74, 6) is 1.74. The molecule has 158 valence electrons. The topological polar surface area (TPSA) is 119 Å². The Hall–Kier alpha value is -2.88. The van der Waals surface area contributed by atoms with Gasteiger partial charge in [0.05, 0.1) is 11.5 Å². The van der Waals surface area contributed by atoms with Crippen LogP contribution in [0.3, 0.4) is 0 Å². The van der Waals surface area contributed by atoms with E-state index in [0.29, 0.717) is 41.1 Å². The number of anilines is 3. The monoisotopic (exact) mass is 447 g/mol. The van der Waals surface area contributed by atoms with Gasteiger partial charge in [-0.3, -0.25) is 0 Å². The van der Waals surface area contributed by atoms with Crippen molar-refractivity contribution in [1.29, 1.82) is 0 Å². The first-order valence-electron chi connectivity index (χ1n) is 9.22. The highest BCUT2D eigenvalue weighted by atomic mass is 35.5. The standard InChI is InChI=1S/C20H22ClN5O3S/c1-2-9-29-18-8-7-17(30(22,27)28)10-14(18)12-23-19-11-20(25-13-24-19)26-16-5-3-15(21)4-6-16/h3-8,10-11,13H,2,9,12H2,1H3,(H2,22,27,28)(H2,23,24,25,26). The number of nitrogens with zero attached hydrogens (tertiary/aromatic N) is 2. The van der Waals surface area contributed by atoms with Crippen LogP contribution in [0.1, 0.15) is 18.9 Å². The maximum atomic E-state index is 11.7. The number of nitrogens with two attached hydrogens (primary N) is 1. The molecule has 8 nitrogen and oxygen atoms in total. The Morgan fingerprint density at radius 3 is 2.50 bits per heavy atom. The molecule has 3 aromatic rings. The van der Waals surface area contributed by atoms with Crippen molar-refractivity contribution in [3.05, 3.63) is 65.4 Å². The molecule has 0 bridgehead atoms. The molecule has 0 amide bonds. The number of nitrogens with one attached hydrogen (secondary N) is 2. The first kappa shape index (κ1) is 21.8. The lowest BCUT2D eigenvalue weighted by Crippen LogP contribution is -2.13. The van der Waals surface area contributed by atoms with Crippen LogP contribution in [0.5, 0.6) is 5.75 Å². The van der Waals surface area contributed by atoms with Crippen molar-refractivity contribution in [3.63, 3.8) is 0 Å². The fourth-order valence-electron chi connectivity index (χ4n) is 2.61. The van der Waals surface area contributed by atoms with Gasteiger partial charge in [-0.2, -0.15) is 0 Å². The van der Waals surface area contributed by atoms with Crippen LogP contribution in [-0.4, -0.2) is 25.0 Å². The Bertz CT molecular complexity index is 1110. The number of rotatable bonds is 9. The van der Waals surface area contributed by atoms with Crippen molar-refractivity contribution in [1.82, 2.24) is 9.97 Å². The van der Waals surface area contributed by atoms with E-state index in [-0.39, 0.29) is 4.90 Å². The van der Waals surface area contributed by atoms with Crippen molar-refractivity contribution in [2.45, 2.75) is 24.8 Å². The Labute approximate surface area is 180 Å². The SMILES string of the molecule is CCCOc1ccc(S(N)(=O)=O)cc1CNc1cc(Nc2ccc(Cl)cc2)ncn1. The van der Waals surface area contributed by atoms with E-state index in [2.05, 4.69) is 20.6 Å². The fourth-order valence-corrected chi connectivity index (χ4v) is 3.30. The molecule has 0 fully saturated rings. The van der Waals surface area contributed by atoms with Gasteiger partial charge in [0, 0.05) is 28.9 Å². The van der Waals surface area contributed by atoms with Gasteiger partial charge in [0.25, 0.3) is 0 Å². The van der Waals surface area contributed by atoms with Gasteiger partial charge in [0.2, 0.25) is 10.0 Å². The maximum Gasteiger partial charge on any atom is 0.238 e. The minimum Gasteiger partial charge on any atom is -0.493 e. The zero-order chi connectivity index (χ0) is 21.6. The van der Waals surface area contributed by atoms with Crippen LogP contribution in [0.2, 0.25) is 5.02 Å². The van der Waals surface area contributed by atoms with Crippen LogP contribution >= 0.6 is 11.6 Å². The van der Waals surface area contributed by atoms with Gasteiger partial charge in [-0.25, -0.2) is 23.5 Å². The summed E-state index contributed by atoms with van der Waals surface area (Å²) in [6.45, 7) is 2.80. The highest BCUT2D eigenvalue weighted by Gasteiger charge is 2.13. The molecule has 4 N–H and O–H groups in total. The van der Waals surface area contributed by atoms with Gasteiger partial charge in [-0.15, -0.1) is 0 Å². The summed E-state index contributed by atoms with van der Waals surface area (Å²) in [7, 11) is -3.82. The molecular weight excluding hydrogens is 426 g/mol. The lowest BCUT2D eigenvalue weighted by Gasteiger charge is -2.14. The second kappa shape index (κ2) is 9.75. The highest BCUT2D eigenvalue weighted by molar-refractivity contribution is 7.89. The van der Waals surface area contributed by atoms with E-state index in [9.17, 15) is 8.42 Å². The molecule has 1 aromatic heterocycles. The Morgan fingerprint density at radius 2 is 1.80 bits per heavy atom. The predicted molar refractivity (Wildman–Crippen MR) is 118 cm³/mol. The zero-order valence-electron chi connectivity index (χ0n) is 16.3. The molecule has 3 rings (SSSR count). The summed E-state index contributed by atoms with van der Waals surface area (Å²) in [5.41, 5.74) is 1.49. The smallest absolute Gasteiger partial charge is 0.238 e. The Kier molecular flexibility index (Phi) is 7.09. The lowest BCUT2D eigenvalue weighted by atomic mass is 10.2. The number of aromatic nitrogens is 2. The lowest BCUT2D eigenvalue weighted by molar-refractivity contribution is 0.314. The molecule has 0 atom stereocenters. The molecule has 2 aromatic carbocycles. The predicted octanol–water partition coefficient (Wildman–Crippen LogP) is 3.92. The van der Waals surface area contributed by atoms with Crippen molar-refractivity contribution in [3.8, 4) is 5.75 Å². The number of benzene rings is 2. The molecule has 0 saturated carbocycles. The molecule has 0 aliphatic carbocycles. The van der Waals surface area contributed by atoms with Gasteiger partial charge in [0.15, 0.2) is 0 Å². The molecule has 0 saturated heterocycles. The minimum atomic E-state index is -3.82. The molecule has 30 heavy (non-hydrogen) atoms. The van der Waals surface area contributed by atoms with E-state index < -0.39 is 10.0 Å². The first-order valence-corrected chi connectivity index (χ1v) is 11.1. The molecule has 0 radical (unpaired) electrons. The van der Waals surface area contributed by atoms with E-state index in [1.165, 1.54) is 18.5 Å². The minimum absolute atomic E-state index is 0.0240. The van der Waals surface area contributed by atoms with Crippen molar-refractivity contribution in [2.75, 3.05) is 17.2 Å². The van der Waals surface area contributed by atoms with Crippen LogP contribution in [0.15, 0.2) is 59.8 Å². The molecule has 10 heteroatoms. The molecule has 1 heterocycles. The largest absolute Gasteiger partial charge is 0.493 e. The van der Waals surface area contributed by atoms with Crippen molar-refractivity contribution >= 4 is 38.9 Å². The summed E-state index contributed by atoms with van der Waals surface area (Å²) in [6.07, 6.45) is 2.26. The van der Waals surface area contributed by atoms with E-state index in [4.69, 9.17) is 21.5 Å². The van der Waals surface area contributed by atoms with Crippen LogP contribution in [0.25, 0.3) is 0 Å².